The van der Waals surface area contributed by atoms with E-state index in [9.17, 15) is 14.4 Å². The number of ether oxygens (including phenoxy) is 1. The van der Waals surface area contributed by atoms with Gasteiger partial charge in [0.15, 0.2) is 0 Å². The Morgan fingerprint density at radius 2 is 1.80 bits per heavy atom. The van der Waals surface area contributed by atoms with Gasteiger partial charge in [0.25, 0.3) is 5.91 Å². The highest BCUT2D eigenvalue weighted by atomic mass is 16.5. The van der Waals surface area contributed by atoms with Gasteiger partial charge in [-0.05, 0) is 37.6 Å². The van der Waals surface area contributed by atoms with Gasteiger partial charge in [-0.25, -0.2) is 14.5 Å². The molecule has 1 fully saturated rings. The van der Waals surface area contributed by atoms with Crippen LogP contribution in [-0.4, -0.2) is 40.9 Å². The molecule has 0 radical (unpaired) electrons. The minimum absolute atomic E-state index is 0.184. The molecule has 0 bridgehead atoms. The summed E-state index contributed by atoms with van der Waals surface area (Å²) >= 11 is 0. The number of hydrogen-bond donors (Lipinski definition) is 1. The monoisotopic (exact) mass is 403 g/mol. The zero-order chi connectivity index (χ0) is 21.2. The van der Waals surface area contributed by atoms with Crippen LogP contribution in [0.15, 0.2) is 48.5 Å². The highest BCUT2D eigenvalue weighted by molar-refractivity contribution is 6.23. The molecule has 2 aliphatic heterocycles. The van der Waals surface area contributed by atoms with Crippen LogP contribution in [0.2, 0.25) is 0 Å². The number of imide groups is 1. The number of aromatic amines is 1. The molecular formula is C23H21N3O4. The molecule has 0 saturated carbocycles. The summed E-state index contributed by atoms with van der Waals surface area (Å²) in [7, 11) is 1.27. The van der Waals surface area contributed by atoms with E-state index in [1.807, 2.05) is 38.1 Å². The van der Waals surface area contributed by atoms with Gasteiger partial charge in [0.2, 0.25) is 0 Å². The number of amides is 3. The zero-order valence-electron chi connectivity index (χ0n) is 16.9. The molecule has 1 unspecified atom stereocenters. The number of rotatable bonds is 2. The molecule has 1 N–H and O–H groups in total. The van der Waals surface area contributed by atoms with Crippen molar-refractivity contribution in [2.75, 3.05) is 12.0 Å². The van der Waals surface area contributed by atoms with Crippen molar-refractivity contribution in [3.63, 3.8) is 0 Å². The predicted molar refractivity (Wildman–Crippen MR) is 111 cm³/mol. The number of nitrogens with one attached hydrogen (secondary N) is 1. The topological polar surface area (TPSA) is 82.7 Å². The van der Waals surface area contributed by atoms with E-state index >= 15 is 0 Å². The second-order valence-electron chi connectivity index (χ2n) is 8.14. The van der Waals surface area contributed by atoms with Crippen molar-refractivity contribution < 1.29 is 19.1 Å². The van der Waals surface area contributed by atoms with E-state index in [4.69, 9.17) is 4.74 Å². The smallest absolute Gasteiger partial charge is 0.339 e. The van der Waals surface area contributed by atoms with Crippen molar-refractivity contribution in [2.24, 2.45) is 0 Å². The van der Waals surface area contributed by atoms with Gasteiger partial charge in [0.05, 0.1) is 23.9 Å². The average Bonchev–Trinajstić information content (AvgIpc) is 3.24. The van der Waals surface area contributed by atoms with Gasteiger partial charge in [0.1, 0.15) is 6.04 Å². The number of carbonyl (C=O) groups is 3. The number of esters is 1. The Morgan fingerprint density at radius 3 is 2.57 bits per heavy atom. The normalized spacial score (nSPS) is 19.8. The molecule has 2 aromatic carbocycles. The first-order chi connectivity index (χ1) is 14.4. The van der Waals surface area contributed by atoms with E-state index in [2.05, 4.69) is 4.98 Å². The lowest BCUT2D eigenvalue weighted by atomic mass is 9.85. The molecule has 1 atom stereocenters. The second-order valence-corrected chi connectivity index (χ2v) is 8.14. The van der Waals surface area contributed by atoms with E-state index in [1.165, 1.54) is 7.11 Å². The number of anilines is 1. The lowest BCUT2D eigenvalue weighted by Crippen LogP contribution is -2.52. The van der Waals surface area contributed by atoms with Gasteiger partial charge >= 0.3 is 12.0 Å². The molecule has 2 aliphatic rings. The van der Waals surface area contributed by atoms with Crippen molar-refractivity contribution in [3.05, 3.63) is 65.4 Å². The SMILES string of the molecule is COC(=O)c1ccccc1N1C(=O)C2Cc3c([nH]c4ccccc34)C(C)(C)N2C1=O. The molecule has 1 saturated heterocycles. The Balaban J connectivity index is 1.64. The number of benzene rings is 2. The van der Waals surface area contributed by atoms with Gasteiger partial charge < -0.3 is 14.6 Å². The highest BCUT2D eigenvalue weighted by Crippen LogP contribution is 2.45. The molecule has 7 nitrogen and oxygen atoms in total. The van der Waals surface area contributed by atoms with Crippen LogP contribution in [0.4, 0.5) is 10.5 Å². The Hall–Kier alpha value is -3.61. The fourth-order valence-corrected chi connectivity index (χ4v) is 4.82. The molecule has 0 aliphatic carbocycles. The number of methoxy groups -OCH3 is 1. The zero-order valence-corrected chi connectivity index (χ0v) is 16.9. The van der Waals surface area contributed by atoms with Gasteiger partial charge in [-0.1, -0.05) is 30.3 Å². The molecule has 3 aromatic rings. The molecule has 3 amide bonds. The Labute approximate surface area is 173 Å². The summed E-state index contributed by atoms with van der Waals surface area (Å²) in [6.07, 6.45) is 0.421. The van der Waals surface area contributed by atoms with Crippen LogP contribution in [-0.2, 0) is 21.5 Å². The highest BCUT2D eigenvalue weighted by Gasteiger charge is 2.56. The number of H-pyrrole nitrogens is 1. The first-order valence-electron chi connectivity index (χ1n) is 9.81. The van der Waals surface area contributed by atoms with Gasteiger partial charge in [-0.3, -0.25) is 4.79 Å². The van der Waals surface area contributed by atoms with Crippen LogP contribution in [0.1, 0.15) is 35.5 Å². The van der Waals surface area contributed by atoms with Crippen LogP contribution in [0.5, 0.6) is 0 Å². The maximum atomic E-state index is 13.5. The summed E-state index contributed by atoms with van der Waals surface area (Å²) in [6, 6.07) is 13.4. The summed E-state index contributed by atoms with van der Waals surface area (Å²) in [5, 5.41) is 1.06. The molecule has 7 heteroatoms. The van der Waals surface area contributed by atoms with E-state index in [0.29, 0.717) is 6.42 Å². The third kappa shape index (κ3) is 2.29. The average molecular weight is 403 g/mol. The van der Waals surface area contributed by atoms with Crippen LogP contribution in [0, 0.1) is 0 Å². The summed E-state index contributed by atoms with van der Waals surface area (Å²) in [4.78, 5) is 45.4. The van der Waals surface area contributed by atoms with Crippen LogP contribution >= 0.6 is 0 Å². The molecule has 5 rings (SSSR count). The first-order valence-corrected chi connectivity index (χ1v) is 9.81. The van der Waals surface area contributed by atoms with E-state index in [1.54, 1.807) is 29.2 Å². The number of hydrogen-bond acceptors (Lipinski definition) is 4. The molecule has 152 valence electrons. The molecule has 3 heterocycles. The number of nitrogens with zero attached hydrogens (tertiary/aromatic N) is 2. The van der Waals surface area contributed by atoms with Gasteiger partial charge in [0, 0.05) is 23.0 Å². The van der Waals surface area contributed by atoms with Crippen LogP contribution in [0.3, 0.4) is 0 Å². The summed E-state index contributed by atoms with van der Waals surface area (Å²) in [5.74, 6) is -0.924. The molecular weight excluding hydrogens is 382 g/mol. The molecule has 0 spiro atoms. The Kier molecular flexibility index (Phi) is 3.80. The van der Waals surface area contributed by atoms with Crippen LogP contribution < -0.4 is 4.90 Å². The van der Waals surface area contributed by atoms with Gasteiger partial charge in [-0.15, -0.1) is 0 Å². The van der Waals surface area contributed by atoms with Gasteiger partial charge in [-0.2, -0.15) is 0 Å². The van der Waals surface area contributed by atoms with Crippen molar-refractivity contribution in [2.45, 2.75) is 31.8 Å². The van der Waals surface area contributed by atoms with Crippen molar-refractivity contribution in [1.82, 2.24) is 9.88 Å². The number of carbonyl (C=O) groups excluding carboxylic acids is 3. The number of aromatic nitrogens is 1. The lowest BCUT2D eigenvalue weighted by molar-refractivity contribution is -0.121. The number of para-hydroxylation sites is 2. The maximum absolute atomic E-state index is 13.5. The first kappa shape index (κ1) is 18.4. The second kappa shape index (κ2) is 6.19. The lowest BCUT2D eigenvalue weighted by Gasteiger charge is -2.42. The fourth-order valence-electron chi connectivity index (χ4n) is 4.82. The fraction of sp³-hybridized carbons (Fsp3) is 0.261. The molecule has 1 aromatic heterocycles. The van der Waals surface area contributed by atoms with Crippen molar-refractivity contribution in [1.29, 1.82) is 0 Å². The van der Waals surface area contributed by atoms with E-state index in [-0.39, 0.29) is 17.2 Å². The third-order valence-corrected chi connectivity index (χ3v) is 6.19. The maximum Gasteiger partial charge on any atom is 0.339 e. The van der Waals surface area contributed by atoms with E-state index in [0.717, 1.165) is 27.1 Å². The number of urea groups is 1. The summed E-state index contributed by atoms with van der Waals surface area (Å²) in [5.41, 5.74) is 2.69. The Morgan fingerprint density at radius 1 is 1.10 bits per heavy atom. The minimum atomic E-state index is -0.723. The standard InChI is InChI=1S/C23H21N3O4/c1-23(2)19-15(13-8-4-6-10-16(13)24-19)12-18-20(27)25(22(29)26(18)23)17-11-7-5-9-14(17)21(28)30-3/h4-11,18,24H,12H2,1-3H3. The quantitative estimate of drug-likeness (QED) is 0.524. The third-order valence-electron chi connectivity index (χ3n) is 6.19. The van der Waals surface area contributed by atoms with E-state index < -0.39 is 23.6 Å². The predicted octanol–water partition coefficient (Wildman–Crippen LogP) is 3.58. The Bertz CT molecular complexity index is 1230. The summed E-state index contributed by atoms with van der Waals surface area (Å²) in [6.45, 7) is 3.88. The van der Waals surface area contributed by atoms with Crippen molar-refractivity contribution in [3.8, 4) is 0 Å². The van der Waals surface area contributed by atoms with Crippen LogP contribution in [0.25, 0.3) is 10.9 Å². The largest absolute Gasteiger partial charge is 0.465 e. The minimum Gasteiger partial charge on any atom is -0.465 e. The number of fused-ring (bicyclic) bond motifs is 4. The molecule has 30 heavy (non-hydrogen) atoms. The summed E-state index contributed by atoms with van der Waals surface area (Å²) < 4.78 is 4.85. The van der Waals surface area contributed by atoms with Crippen molar-refractivity contribution >= 4 is 34.5 Å².